The van der Waals surface area contributed by atoms with Gasteiger partial charge in [-0.05, 0) is 37.9 Å². The molecule has 0 spiro atoms. The van der Waals surface area contributed by atoms with Gasteiger partial charge in [-0.25, -0.2) is 4.98 Å². The largest absolute Gasteiger partial charge is 0.354 e. The van der Waals surface area contributed by atoms with Crippen molar-refractivity contribution >= 4 is 5.82 Å². The van der Waals surface area contributed by atoms with Crippen LogP contribution in [0.15, 0.2) is 18.2 Å². The van der Waals surface area contributed by atoms with Gasteiger partial charge in [0.05, 0.1) is 5.69 Å². The Hall–Kier alpha value is -1.13. The van der Waals surface area contributed by atoms with E-state index in [0.717, 1.165) is 37.1 Å². The van der Waals surface area contributed by atoms with Crippen LogP contribution in [0.4, 0.5) is 5.82 Å². The molecule has 0 atom stereocenters. The van der Waals surface area contributed by atoms with Crippen molar-refractivity contribution in [2.45, 2.75) is 19.4 Å². The minimum atomic E-state index is 0.843. The van der Waals surface area contributed by atoms with Crippen molar-refractivity contribution in [3.8, 4) is 0 Å². The Morgan fingerprint density at radius 2 is 2.00 bits per heavy atom. The van der Waals surface area contributed by atoms with E-state index < -0.39 is 0 Å². The first-order valence-electron chi connectivity index (χ1n) is 7.43. The maximum absolute atomic E-state index is 4.73. The molecule has 0 radical (unpaired) electrons. The summed E-state index contributed by atoms with van der Waals surface area (Å²) < 4.78 is 0. The highest BCUT2D eigenvalue weighted by atomic mass is 15.3. The molecule has 1 aliphatic carbocycles. The SMILES string of the molecule is CNCc1cccc(N2CCN(CC3CC3)CC2)n1. The molecule has 104 valence electrons. The zero-order chi connectivity index (χ0) is 13.1. The van der Waals surface area contributed by atoms with Crippen LogP contribution in [0.1, 0.15) is 18.5 Å². The minimum Gasteiger partial charge on any atom is -0.354 e. The number of anilines is 1. The Bertz CT molecular complexity index is 408. The minimum absolute atomic E-state index is 0.843. The molecule has 4 heteroatoms. The standard InChI is InChI=1S/C15H24N4/c1-16-11-14-3-2-4-15(17-14)19-9-7-18(8-10-19)12-13-5-6-13/h2-4,13,16H,5-12H2,1H3. The van der Waals surface area contributed by atoms with Crippen LogP contribution in [0.25, 0.3) is 0 Å². The van der Waals surface area contributed by atoms with Crippen molar-refractivity contribution in [1.29, 1.82) is 0 Å². The van der Waals surface area contributed by atoms with E-state index >= 15 is 0 Å². The third-order valence-corrected chi connectivity index (χ3v) is 4.06. The molecule has 1 saturated carbocycles. The Labute approximate surface area is 115 Å². The van der Waals surface area contributed by atoms with Gasteiger partial charge >= 0.3 is 0 Å². The lowest BCUT2D eigenvalue weighted by Gasteiger charge is -2.35. The van der Waals surface area contributed by atoms with E-state index in [1.165, 1.54) is 32.5 Å². The van der Waals surface area contributed by atoms with Crippen molar-refractivity contribution < 1.29 is 0 Å². The lowest BCUT2D eigenvalue weighted by atomic mass is 10.2. The molecule has 3 rings (SSSR count). The zero-order valence-electron chi connectivity index (χ0n) is 11.8. The Kier molecular flexibility index (Phi) is 3.99. The van der Waals surface area contributed by atoms with Crippen LogP contribution in [-0.2, 0) is 6.54 Å². The number of nitrogens with zero attached hydrogens (tertiary/aromatic N) is 3. The van der Waals surface area contributed by atoms with Crippen LogP contribution < -0.4 is 10.2 Å². The van der Waals surface area contributed by atoms with Crippen LogP contribution in [0.2, 0.25) is 0 Å². The summed E-state index contributed by atoms with van der Waals surface area (Å²) in [7, 11) is 1.96. The number of aromatic nitrogens is 1. The van der Waals surface area contributed by atoms with Gasteiger partial charge in [-0.1, -0.05) is 6.07 Å². The van der Waals surface area contributed by atoms with Crippen molar-refractivity contribution in [2.24, 2.45) is 5.92 Å². The molecule has 0 unspecified atom stereocenters. The second-order valence-electron chi connectivity index (χ2n) is 5.75. The van der Waals surface area contributed by atoms with Gasteiger partial charge in [0.15, 0.2) is 0 Å². The third-order valence-electron chi connectivity index (χ3n) is 4.06. The maximum Gasteiger partial charge on any atom is 0.128 e. The van der Waals surface area contributed by atoms with E-state index in [2.05, 4.69) is 33.3 Å². The first-order chi connectivity index (χ1) is 9.35. The number of rotatable bonds is 5. The summed E-state index contributed by atoms with van der Waals surface area (Å²) in [6, 6.07) is 6.34. The fourth-order valence-electron chi connectivity index (χ4n) is 2.75. The first kappa shape index (κ1) is 12.9. The molecule has 2 fully saturated rings. The van der Waals surface area contributed by atoms with Crippen molar-refractivity contribution in [3.63, 3.8) is 0 Å². The van der Waals surface area contributed by atoms with Crippen LogP contribution >= 0.6 is 0 Å². The second-order valence-corrected chi connectivity index (χ2v) is 5.75. The zero-order valence-corrected chi connectivity index (χ0v) is 11.8. The molecule has 1 aliphatic heterocycles. The summed E-state index contributed by atoms with van der Waals surface area (Å²) >= 11 is 0. The Morgan fingerprint density at radius 1 is 1.21 bits per heavy atom. The summed E-state index contributed by atoms with van der Waals surface area (Å²) in [6.45, 7) is 6.77. The highest BCUT2D eigenvalue weighted by molar-refractivity contribution is 5.39. The van der Waals surface area contributed by atoms with Crippen molar-refractivity contribution in [1.82, 2.24) is 15.2 Å². The van der Waals surface area contributed by atoms with E-state index in [-0.39, 0.29) is 0 Å². The predicted octanol–water partition coefficient (Wildman–Crippen LogP) is 1.33. The van der Waals surface area contributed by atoms with Crippen LogP contribution in [0.5, 0.6) is 0 Å². The number of hydrogen-bond acceptors (Lipinski definition) is 4. The molecule has 0 aromatic carbocycles. The first-order valence-corrected chi connectivity index (χ1v) is 7.43. The van der Waals surface area contributed by atoms with Gasteiger partial charge in [-0.15, -0.1) is 0 Å². The molecule has 2 heterocycles. The number of nitrogens with one attached hydrogen (secondary N) is 1. The molecule has 1 aromatic heterocycles. The summed E-state index contributed by atoms with van der Waals surface area (Å²) in [6.07, 6.45) is 2.90. The van der Waals surface area contributed by atoms with E-state index in [1.807, 2.05) is 7.05 Å². The van der Waals surface area contributed by atoms with Gasteiger partial charge in [0.25, 0.3) is 0 Å². The predicted molar refractivity (Wildman–Crippen MR) is 78.4 cm³/mol. The molecule has 1 aromatic rings. The van der Waals surface area contributed by atoms with Gasteiger partial charge in [0.2, 0.25) is 0 Å². The molecule has 1 saturated heterocycles. The lowest BCUT2D eigenvalue weighted by Crippen LogP contribution is -2.47. The van der Waals surface area contributed by atoms with E-state index in [4.69, 9.17) is 4.98 Å². The Morgan fingerprint density at radius 3 is 2.68 bits per heavy atom. The number of hydrogen-bond donors (Lipinski definition) is 1. The van der Waals surface area contributed by atoms with Crippen LogP contribution in [0.3, 0.4) is 0 Å². The molecular weight excluding hydrogens is 236 g/mol. The highest BCUT2D eigenvalue weighted by Crippen LogP contribution is 2.30. The fraction of sp³-hybridized carbons (Fsp3) is 0.667. The molecule has 19 heavy (non-hydrogen) atoms. The van der Waals surface area contributed by atoms with Gasteiger partial charge in [-0.3, -0.25) is 4.90 Å². The average molecular weight is 260 g/mol. The molecule has 0 bridgehead atoms. The smallest absolute Gasteiger partial charge is 0.128 e. The van der Waals surface area contributed by atoms with Crippen molar-refractivity contribution in [3.05, 3.63) is 23.9 Å². The Balaban J connectivity index is 1.56. The van der Waals surface area contributed by atoms with E-state index in [0.29, 0.717) is 0 Å². The van der Waals surface area contributed by atoms with E-state index in [9.17, 15) is 0 Å². The second kappa shape index (κ2) is 5.88. The molecule has 0 amide bonds. The van der Waals surface area contributed by atoms with Gasteiger partial charge in [0, 0.05) is 39.3 Å². The lowest BCUT2D eigenvalue weighted by molar-refractivity contribution is 0.247. The van der Waals surface area contributed by atoms with E-state index in [1.54, 1.807) is 0 Å². The number of pyridine rings is 1. The van der Waals surface area contributed by atoms with Crippen LogP contribution in [-0.4, -0.2) is 49.7 Å². The molecule has 2 aliphatic rings. The summed E-state index contributed by atoms with van der Waals surface area (Å²) in [5.41, 5.74) is 1.13. The van der Waals surface area contributed by atoms with Crippen molar-refractivity contribution in [2.75, 3.05) is 44.7 Å². The maximum atomic E-state index is 4.73. The molecule has 4 nitrogen and oxygen atoms in total. The topological polar surface area (TPSA) is 31.4 Å². The van der Waals surface area contributed by atoms with Crippen LogP contribution in [0, 0.1) is 5.92 Å². The van der Waals surface area contributed by atoms with Gasteiger partial charge in [0.1, 0.15) is 5.82 Å². The van der Waals surface area contributed by atoms with Gasteiger partial charge < -0.3 is 10.2 Å². The third kappa shape index (κ3) is 3.45. The molecule has 1 N–H and O–H groups in total. The summed E-state index contributed by atoms with van der Waals surface area (Å²) in [5.74, 6) is 2.14. The fourth-order valence-corrected chi connectivity index (χ4v) is 2.75. The highest BCUT2D eigenvalue weighted by Gasteiger charge is 2.26. The average Bonchev–Trinajstić information content (AvgIpc) is 3.24. The van der Waals surface area contributed by atoms with Gasteiger partial charge in [-0.2, -0.15) is 0 Å². The normalized spacial score (nSPS) is 20.8. The summed E-state index contributed by atoms with van der Waals surface area (Å²) in [4.78, 5) is 9.77. The molecular formula is C15H24N4. The monoisotopic (exact) mass is 260 g/mol. The number of piperazine rings is 1. The quantitative estimate of drug-likeness (QED) is 0.865. The summed E-state index contributed by atoms with van der Waals surface area (Å²) in [5, 5.41) is 3.16.